The fourth-order valence-corrected chi connectivity index (χ4v) is 2.78. The van der Waals surface area contributed by atoms with Gasteiger partial charge in [-0.05, 0) is 43.4 Å². The second-order valence-electron chi connectivity index (χ2n) is 6.05. The van der Waals surface area contributed by atoms with Gasteiger partial charge >= 0.3 is 12.2 Å². The molecular weight excluding hydrogens is 328 g/mol. The van der Waals surface area contributed by atoms with Crippen LogP contribution in [0.5, 0.6) is 0 Å². The molecule has 4 nitrogen and oxygen atoms in total. The number of halogens is 4. The monoisotopic (exact) mass is 348 g/mol. The van der Waals surface area contributed by atoms with Gasteiger partial charge in [0.1, 0.15) is 5.82 Å². The predicted octanol–water partition coefficient (Wildman–Crippen LogP) is 3.42. The fourth-order valence-electron chi connectivity index (χ4n) is 2.78. The molecule has 1 saturated carbocycles. The number of urea groups is 1. The molecule has 3 N–H and O–H groups in total. The summed E-state index contributed by atoms with van der Waals surface area (Å²) in [6.45, 7) is 0. The maximum absolute atomic E-state index is 12.9. The third-order valence-electron chi connectivity index (χ3n) is 4.05. The summed E-state index contributed by atoms with van der Waals surface area (Å²) in [7, 11) is 0. The number of aliphatic hydroxyl groups excluding tert-OH is 1. The second kappa shape index (κ2) is 7.83. The first kappa shape index (κ1) is 18.5. The number of hydrogen-bond donors (Lipinski definition) is 3. The van der Waals surface area contributed by atoms with Crippen LogP contribution in [-0.2, 0) is 0 Å². The first-order valence-corrected chi connectivity index (χ1v) is 7.80. The molecule has 2 rings (SSSR count). The summed E-state index contributed by atoms with van der Waals surface area (Å²) < 4.78 is 51.2. The van der Waals surface area contributed by atoms with Crippen molar-refractivity contribution in [3.05, 3.63) is 35.6 Å². The van der Waals surface area contributed by atoms with Gasteiger partial charge in [-0.15, -0.1) is 0 Å². The minimum Gasteiger partial charge on any atom is -0.393 e. The van der Waals surface area contributed by atoms with Crippen LogP contribution in [0.4, 0.5) is 22.4 Å². The number of amides is 2. The molecule has 0 heterocycles. The van der Waals surface area contributed by atoms with E-state index in [1.165, 1.54) is 12.1 Å². The first-order valence-electron chi connectivity index (χ1n) is 7.80. The maximum atomic E-state index is 12.9. The van der Waals surface area contributed by atoms with E-state index in [1.807, 2.05) is 0 Å². The third kappa shape index (κ3) is 5.99. The van der Waals surface area contributed by atoms with Crippen molar-refractivity contribution in [2.75, 3.05) is 0 Å². The second-order valence-corrected chi connectivity index (χ2v) is 6.05. The number of aliphatic hydroxyl groups is 1. The van der Waals surface area contributed by atoms with Crippen molar-refractivity contribution in [2.45, 2.75) is 56.5 Å². The Kier molecular flexibility index (Phi) is 6.04. The number of alkyl halides is 3. The van der Waals surface area contributed by atoms with Crippen LogP contribution in [0.3, 0.4) is 0 Å². The van der Waals surface area contributed by atoms with Crippen molar-refractivity contribution in [1.82, 2.24) is 10.6 Å². The van der Waals surface area contributed by atoms with Crippen LogP contribution in [0.15, 0.2) is 24.3 Å². The minimum atomic E-state index is -4.47. The lowest BCUT2D eigenvalue weighted by molar-refractivity contribution is -0.139. The molecule has 0 saturated heterocycles. The molecule has 134 valence electrons. The SMILES string of the molecule is O=C(NC1CCC(O)CC1)NC(CC(F)(F)F)c1ccc(F)cc1. The van der Waals surface area contributed by atoms with Crippen LogP contribution in [0.2, 0.25) is 0 Å². The van der Waals surface area contributed by atoms with Gasteiger partial charge in [0, 0.05) is 6.04 Å². The van der Waals surface area contributed by atoms with Gasteiger partial charge in [0.25, 0.3) is 0 Å². The van der Waals surface area contributed by atoms with Crippen molar-refractivity contribution in [3.8, 4) is 0 Å². The molecule has 1 aromatic carbocycles. The smallest absolute Gasteiger partial charge is 0.391 e. The molecule has 0 spiro atoms. The Labute approximate surface area is 137 Å². The van der Waals surface area contributed by atoms with E-state index in [-0.39, 0.29) is 17.7 Å². The summed E-state index contributed by atoms with van der Waals surface area (Å²) in [4.78, 5) is 12.0. The standard InChI is InChI=1S/C16H20F4N2O2/c17-11-3-1-10(2-4-11)14(9-16(18,19)20)22-15(24)21-12-5-7-13(23)8-6-12/h1-4,12-14,23H,5-9H2,(H2,21,22,24). The average molecular weight is 348 g/mol. The summed E-state index contributed by atoms with van der Waals surface area (Å²) in [5.41, 5.74) is 0.183. The molecule has 0 aromatic heterocycles. The lowest BCUT2D eigenvalue weighted by Gasteiger charge is -2.28. The molecule has 1 aliphatic rings. The number of nitrogens with one attached hydrogen (secondary N) is 2. The number of carbonyl (C=O) groups excluding carboxylic acids is 1. The van der Waals surface area contributed by atoms with Gasteiger partial charge < -0.3 is 15.7 Å². The van der Waals surface area contributed by atoms with Gasteiger partial charge in [-0.3, -0.25) is 0 Å². The topological polar surface area (TPSA) is 61.4 Å². The van der Waals surface area contributed by atoms with Gasteiger partial charge in [-0.25, -0.2) is 9.18 Å². The highest BCUT2D eigenvalue weighted by Crippen LogP contribution is 2.29. The van der Waals surface area contributed by atoms with Gasteiger partial charge in [-0.1, -0.05) is 12.1 Å². The van der Waals surface area contributed by atoms with E-state index in [4.69, 9.17) is 0 Å². The van der Waals surface area contributed by atoms with Gasteiger partial charge in [0.15, 0.2) is 0 Å². The molecule has 1 unspecified atom stereocenters. The van der Waals surface area contributed by atoms with Gasteiger partial charge in [-0.2, -0.15) is 13.2 Å². The number of benzene rings is 1. The van der Waals surface area contributed by atoms with Crippen LogP contribution in [0.1, 0.15) is 43.7 Å². The Morgan fingerprint density at radius 3 is 2.29 bits per heavy atom. The van der Waals surface area contributed by atoms with E-state index in [9.17, 15) is 27.5 Å². The largest absolute Gasteiger partial charge is 0.393 e. The minimum absolute atomic E-state index is 0.173. The molecule has 0 bridgehead atoms. The lowest BCUT2D eigenvalue weighted by atomic mass is 9.93. The van der Waals surface area contributed by atoms with E-state index in [2.05, 4.69) is 10.6 Å². The Morgan fingerprint density at radius 2 is 1.75 bits per heavy atom. The van der Waals surface area contributed by atoms with Crippen LogP contribution < -0.4 is 10.6 Å². The lowest BCUT2D eigenvalue weighted by Crippen LogP contribution is -2.45. The molecule has 1 fully saturated rings. The normalized spacial score (nSPS) is 22.7. The van der Waals surface area contributed by atoms with Crippen molar-refractivity contribution in [3.63, 3.8) is 0 Å². The molecule has 2 amide bonds. The Bertz CT molecular complexity index is 540. The van der Waals surface area contributed by atoms with E-state index < -0.39 is 30.5 Å². The van der Waals surface area contributed by atoms with E-state index >= 15 is 0 Å². The van der Waals surface area contributed by atoms with Crippen LogP contribution >= 0.6 is 0 Å². The Hall–Kier alpha value is -1.83. The molecule has 8 heteroatoms. The first-order chi connectivity index (χ1) is 11.2. The highest BCUT2D eigenvalue weighted by atomic mass is 19.4. The summed E-state index contributed by atoms with van der Waals surface area (Å²) in [5.74, 6) is -0.560. The molecule has 24 heavy (non-hydrogen) atoms. The zero-order valence-corrected chi connectivity index (χ0v) is 12.9. The highest BCUT2D eigenvalue weighted by molar-refractivity contribution is 5.74. The van der Waals surface area contributed by atoms with E-state index in [1.54, 1.807) is 0 Å². The van der Waals surface area contributed by atoms with Crippen molar-refractivity contribution in [1.29, 1.82) is 0 Å². The van der Waals surface area contributed by atoms with Crippen LogP contribution in [0, 0.1) is 5.82 Å². The molecule has 1 atom stereocenters. The van der Waals surface area contributed by atoms with Crippen molar-refractivity contribution >= 4 is 6.03 Å². The quantitative estimate of drug-likeness (QED) is 0.730. The third-order valence-corrected chi connectivity index (χ3v) is 4.05. The maximum Gasteiger partial charge on any atom is 0.391 e. The highest BCUT2D eigenvalue weighted by Gasteiger charge is 2.34. The summed E-state index contributed by atoms with van der Waals surface area (Å²) in [6.07, 6.45) is -3.84. The summed E-state index contributed by atoms with van der Waals surface area (Å²) in [6, 6.07) is 2.40. The number of carbonyl (C=O) groups is 1. The molecule has 0 aliphatic heterocycles. The molecular formula is C16H20F4N2O2. The number of rotatable bonds is 4. The number of hydrogen-bond acceptors (Lipinski definition) is 2. The predicted molar refractivity (Wildman–Crippen MR) is 79.7 cm³/mol. The summed E-state index contributed by atoms with van der Waals surface area (Å²) in [5, 5.41) is 14.4. The molecule has 1 aliphatic carbocycles. The zero-order chi connectivity index (χ0) is 17.7. The van der Waals surface area contributed by atoms with E-state index in [0.717, 1.165) is 12.1 Å². The van der Waals surface area contributed by atoms with Crippen LogP contribution in [-0.4, -0.2) is 29.5 Å². The van der Waals surface area contributed by atoms with Crippen molar-refractivity contribution < 1.29 is 27.5 Å². The zero-order valence-electron chi connectivity index (χ0n) is 12.9. The van der Waals surface area contributed by atoms with Crippen molar-refractivity contribution in [2.24, 2.45) is 0 Å². The Morgan fingerprint density at radius 1 is 1.17 bits per heavy atom. The fraction of sp³-hybridized carbons (Fsp3) is 0.562. The summed E-state index contributed by atoms with van der Waals surface area (Å²) >= 11 is 0. The average Bonchev–Trinajstić information content (AvgIpc) is 2.48. The Balaban J connectivity index is 1.99. The van der Waals surface area contributed by atoms with Gasteiger partial charge in [0.2, 0.25) is 0 Å². The van der Waals surface area contributed by atoms with Crippen LogP contribution in [0.25, 0.3) is 0 Å². The molecule has 1 aromatic rings. The molecule has 0 radical (unpaired) electrons. The van der Waals surface area contributed by atoms with Gasteiger partial charge in [0.05, 0.1) is 18.6 Å². The van der Waals surface area contributed by atoms with E-state index in [0.29, 0.717) is 25.7 Å².